The molecule has 1 aromatic heterocycles. The van der Waals surface area contributed by atoms with Crippen molar-refractivity contribution < 1.29 is 14.7 Å². The zero-order chi connectivity index (χ0) is 14.7. The third-order valence-corrected chi connectivity index (χ3v) is 3.22. The van der Waals surface area contributed by atoms with E-state index in [1.165, 1.54) is 17.2 Å². The van der Waals surface area contributed by atoms with Crippen LogP contribution in [-0.4, -0.2) is 29.0 Å². The van der Waals surface area contributed by atoms with E-state index in [1.807, 2.05) is 6.07 Å². The predicted octanol–water partition coefficient (Wildman–Crippen LogP) is 2.82. The number of aromatic nitrogens is 1. The minimum Gasteiger partial charge on any atom is -0.477 e. The molecule has 2 rings (SSSR count). The van der Waals surface area contributed by atoms with E-state index in [0.717, 1.165) is 4.47 Å². The molecule has 2 aromatic rings. The van der Waals surface area contributed by atoms with Gasteiger partial charge in [-0.2, -0.15) is 0 Å². The van der Waals surface area contributed by atoms with Crippen LogP contribution in [0.3, 0.4) is 0 Å². The molecule has 102 valence electrons. The van der Waals surface area contributed by atoms with Crippen LogP contribution < -0.4 is 4.90 Å². The number of benzene rings is 1. The molecule has 0 fully saturated rings. The van der Waals surface area contributed by atoms with Gasteiger partial charge in [0, 0.05) is 17.1 Å². The number of halogens is 1. The largest absolute Gasteiger partial charge is 0.477 e. The van der Waals surface area contributed by atoms with E-state index in [1.54, 1.807) is 31.3 Å². The van der Waals surface area contributed by atoms with Crippen LogP contribution in [0.2, 0.25) is 0 Å². The first-order chi connectivity index (χ1) is 9.49. The minimum absolute atomic E-state index is 0.0583. The van der Waals surface area contributed by atoms with Gasteiger partial charge in [-0.05, 0) is 30.3 Å². The van der Waals surface area contributed by atoms with E-state index < -0.39 is 5.97 Å². The van der Waals surface area contributed by atoms with Gasteiger partial charge in [-0.3, -0.25) is 4.79 Å². The van der Waals surface area contributed by atoms with Crippen LogP contribution in [0, 0.1) is 0 Å². The summed E-state index contributed by atoms with van der Waals surface area (Å²) in [7, 11) is 1.61. The SMILES string of the molecule is CN(C(=O)c1cccc(Br)c1)c1ccc(C(=O)O)nc1. The number of hydrogen-bond acceptors (Lipinski definition) is 3. The Morgan fingerprint density at radius 2 is 2.00 bits per heavy atom. The lowest BCUT2D eigenvalue weighted by atomic mass is 10.2. The van der Waals surface area contributed by atoms with Crippen molar-refractivity contribution in [1.29, 1.82) is 0 Å². The third-order valence-electron chi connectivity index (χ3n) is 2.73. The molecular formula is C14H11BrN2O3. The highest BCUT2D eigenvalue weighted by Crippen LogP contribution is 2.17. The van der Waals surface area contributed by atoms with Gasteiger partial charge in [0.1, 0.15) is 5.69 Å². The Morgan fingerprint density at radius 1 is 1.25 bits per heavy atom. The first kappa shape index (κ1) is 14.2. The second-order valence-corrected chi connectivity index (χ2v) is 5.00. The molecule has 5 nitrogen and oxygen atoms in total. The average molecular weight is 335 g/mol. The summed E-state index contributed by atoms with van der Waals surface area (Å²) in [6.07, 6.45) is 1.36. The summed E-state index contributed by atoms with van der Waals surface area (Å²) in [4.78, 5) is 28.2. The van der Waals surface area contributed by atoms with Crippen LogP contribution >= 0.6 is 15.9 Å². The number of hydrogen-bond donors (Lipinski definition) is 1. The summed E-state index contributed by atoms with van der Waals surface area (Å²) in [5, 5.41) is 8.78. The molecule has 0 aliphatic heterocycles. The van der Waals surface area contributed by atoms with Crippen molar-refractivity contribution >= 4 is 33.5 Å². The molecule has 0 unspecified atom stereocenters. The van der Waals surface area contributed by atoms with Gasteiger partial charge in [0.2, 0.25) is 0 Å². The molecule has 1 aromatic carbocycles. The lowest BCUT2D eigenvalue weighted by Crippen LogP contribution is -2.26. The van der Waals surface area contributed by atoms with Crippen molar-refractivity contribution in [2.45, 2.75) is 0 Å². The number of pyridine rings is 1. The van der Waals surface area contributed by atoms with E-state index in [-0.39, 0.29) is 11.6 Å². The van der Waals surface area contributed by atoms with Gasteiger partial charge < -0.3 is 10.0 Å². The van der Waals surface area contributed by atoms with Crippen molar-refractivity contribution in [3.63, 3.8) is 0 Å². The lowest BCUT2D eigenvalue weighted by molar-refractivity contribution is 0.0690. The number of rotatable bonds is 3. The van der Waals surface area contributed by atoms with Gasteiger partial charge in [-0.15, -0.1) is 0 Å². The van der Waals surface area contributed by atoms with Gasteiger partial charge in [-0.25, -0.2) is 9.78 Å². The van der Waals surface area contributed by atoms with Gasteiger partial charge >= 0.3 is 5.97 Å². The summed E-state index contributed by atoms with van der Waals surface area (Å²) in [5.41, 5.74) is 1.00. The fourth-order valence-electron chi connectivity index (χ4n) is 1.64. The van der Waals surface area contributed by atoms with E-state index >= 15 is 0 Å². The van der Waals surface area contributed by atoms with Crippen molar-refractivity contribution in [3.05, 3.63) is 58.3 Å². The molecule has 0 atom stereocenters. The van der Waals surface area contributed by atoms with Crippen molar-refractivity contribution in [1.82, 2.24) is 4.98 Å². The Hall–Kier alpha value is -2.21. The molecular weight excluding hydrogens is 324 g/mol. The first-order valence-corrected chi connectivity index (χ1v) is 6.51. The lowest BCUT2D eigenvalue weighted by Gasteiger charge is -2.17. The second-order valence-electron chi connectivity index (χ2n) is 4.08. The number of amides is 1. The van der Waals surface area contributed by atoms with Crippen molar-refractivity contribution in [3.8, 4) is 0 Å². The third kappa shape index (κ3) is 3.03. The topological polar surface area (TPSA) is 70.5 Å². The summed E-state index contributed by atoms with van der Waals surface area (Å²) >= 11 is 3.31. The zero-order valence-corrected chi connectivity index (χ0v) is 12.2. The fourth-order valence-corrected chi connectivity index (χ4v) is 2.04. The molecule has 1 N–H and O–H groups in total. The minimum atomic E-state index is -1.10. The summed E-state index contributed by atoms with van der Waals surface area (Å²) < 4.78 is 0.816. The molecule has 0 spiro atoms. The summed E-state index contributed by atoms with van der Waals surface area (Å²) in [6, 6.07) is 9.95. The Labute approximate surface area is 124 Å². The van der Waals surface area contributed by atoms with E-state index in [4.69, 9.17) is 5.11 Å². The molecule has 6 heteroatoms. The van der Waals surface area contributed by atoms with Crippen LogP contribution in [0.1, 0.15) is 20.8 Å². The van der Waals surface area contributed by atoms with E-state index in [9.17, 15) is 9.59 Å². The number of carbonyl (C=O) groups is 2. The highest BCUT2D eigenvalue weighted by Gasteiger charge is 2.14. The highest BCUT2D eigenvalue weighted by atomic mass is 79.9. The number of carbonyl (C=O) groups excluding carboxylic acids is 1. The number of carboxylic acids is 1. The van der Waals surface area contributed by atoms with Crippen LogP contribution in [0.15, 0.2) is 47.1 Å². The maximum atomic E-state index is 12.3. The molecule has 1 amide bonds. The molecule has 0 radical (unpaired) electrons. The average Bonchev–Trinajstić information content (AvgIpc) is 2.46. The van der Waals surface area contributed by atoms with Gasteiger partial charge in [0.05, 0.1) is 11.9 Å². The number of carboxylic acid groups (broad SMARTS) is 1. The fraction of sp³-hybridized carbons (Fsp3) is 0.0714. The molecule has 0 saturated heterocycles. The zero-order valence-electron chi connectivity index (χ0n) is 10.6. The predicted molar refractivity (Wildman–Crippen MR) is 78.1 cm³/mol. The Bertz CT molecular complexity index is 656. The van der Waals surface area contributed by atoms with Crippen LogP contribution in [-0.2, 0) is 0 Å². The second kappa shape index (κ2) is 5.83. The highest BCUT2D eigenvalue weighted by molar-refractivity contribution is 9.10. The van der Waals surface area contributed by atoms with Crippen molar-refractivity contribution in [2.24, 2.45) is 0 Å². The van der Waals surface area contributed by atoms with E-state index in [0.29, 0.717) is 11.3 Å². The normalized spacial score (nSPS) is 10.1. The Kier molecular flexibility index (Phi) is 4.14. The smallest absolute Gasteiger partial charge is 0.354 e. The Morgan fingerprint density at radius 3 is 2.55 bits per heavy atom. The molecule has 0 bridgehead atoms. The molecule has 0 saturated carbocycles. The quantitative estimate of drug-likeness (QED) is 0.936. The van der Waals surface area contributed by atoms with Crippen molar-refractivity contribution in [2.75, 3.05) is 11.9 Å². The van der Waals surface area contributed by atoms with Gasteiger partial charge in [-0.1, -0.05) is 22.0 Å². The summed E-state index contributed by atoms with van der Waals surface area (Å²) in [6.45, 7) is 0. The first-order valence-electron chi connectivity index (χ1n) is 5.72. The number of nitrogens with zero attached hydrogens (tertiary/aromatic N) is 2. The standard InChI is InChI=1S/C14H11BrN2O3/c1-17(11-5-6-12(14(19)20)16-8-11)13(18)9-3-2-4-10(15)7-9/h2-8H,1H3,(H,19,20). The van der Waals surface area contributed by atoms with Crippen LogP contribution in [0.5, 0.6) is 0 Å². The maximum absolute atomic E-state index is 12.3. The molecule has 0 aliphatic rings. The Balaban J connectivity index is 2.24. The van der Waals surface area contributed by atoms with E-state index in [2.05, 4.69) is 20.9 Å². The van der Waals surface area contributed by atoms with Gasteiger partial charge in [0.25, 0.3) is 5.91 Å². The number of anilines is 1. The molecule has 0 aliphatic carbocycles. The number of aromatic carboxylic acids is 1. The molecule has 1 heterocycles. The maximum Gasteiger partial charge on any atom is 0.354 e. The monoisotopic (exact) mass is 334 g/mol. The van der Waals surface area contributed by atoms with Crippen LogP contribution in [0.4, 0.5) is 5.69 Å². The molecule has 20 heavy (non-hydrogen) atoms. The van der Waals surface area contributed by atoms with Gasteiger partial charge in [0.15, 0.2) is 0 Å². The van der Waals surface area contributed by atoms with Crippen LogP contribution in [0.25, 0.3) is 0 Å². The summed E-state index contributed by atoms with van der Waals surface area (Å²) in [5.74, 6) is -1.30.